The normalized spacial score (nSPS) is 14.7. The van der Waals surface area contributed by atoms with Gasteiger partial charge in [-0.1, -0.05) is 55.0 Å². The highest BCUT2D eigenvalue weighted by molar-refractivity contribution is 7.14. The van der Waals surface area contributed by atoms with E-state index in [1.165, 1.54) is 18.3 Å². The van der Waals surface area contributed by atoms with Crippen LogP contribution in [0.3, 0.4) is 0 Å². The summed E-state index contributed by atoms with van der Waals surface area (Å²) in [5, 5.41) is 2.40. The van der Waals surface area contributed by atoms with Gasteiger partial charge in [0.25, 0.3) is 0 Å². The third-order valence-corrected chi connectivity index (χ3v) is 6.21. The average molecular weight is 407 g/mol. The first-order valence-electron chi connectivity index (χ1n) is 9.63. The zero-order chi connectivity index (χ0) is 20.3. The predicted octanol–water partition coefficient (Wildman–Crippen LogP) is 4.99. The zero-order valence-electron chi connectivity index (χ0n) is 16.2. The molecule has 0 radical (unpaired) electrons. The van der Waals surface area contributed by atoms with Crippen molar-refractivity contribution in [1.82, 2.24) is 4.98 Å². The van der Waals surface area contributed by atoms with E-state index >= 15 is 0 Å². The lowest BCUT2D eigenvalue weighted by Gasteiger charge is -2.39. The van der Waals surface area contributed by atoms with Gasteiger partial charge in [-0.25, -0.2) is 4.98 Å². The minimum absolute atomic E-state index is 0.102. The van der Waals surface area contributed by atoms with Crippen molar-refractivity contribution in [3.8, 4) is 0 Å². The van der Waals surface area contributed by atoms with Crippen LogP contribution in [0.2, 0.25) is 0 Å². The zero-order valence-corrected chi connectivity index (χ0v) is 17.0. The number of amides is 1. The molecular formula is C23H22N2O3S. The Hall–Kier alpha value is -2.99. The number of hydrogen-bond donors (Lipinski definition) is 0. The number of carbonyl (C=O) groups is 2. The van der Waals surface area contributed by atoms with Crippen molar-refractivity contribution in [3.05, 3.63) is 77.3 Å². The molecule has 5 nitrogen and oxygen atoms in total. The summed E-state index contributed by atoms with van der Waals surface area (Å²) in [6, 6.07) is 19.2. The monoisotopic (exact) mass is 406 g/mol. The van der Waals surface area contributed by atoms with Gasteiger partial charge in [0.05, 0.1) is 16.8 Å². The average Bonchev–Trinajstić information content (AvgIpc) is 3.15. The van der Waals surface area contributed by atoms with E-state index in [1.54, 1.807) is 4.90 Å². The summed E-state index contributed by atoms with van der Waals surface area (Å²) in [5.74, 6) is -0.317. The number of para-hydroxylation sites is 1. The number of thiazole rings is 1. The van der Waals surface area contributed by atoms with Crippen LogP contribution in [0.4, 0.5) is 10.8 Å². The molecule has 1 heterocycles. The van der Waals surface area contributed by atoms with Crippen LogP contribution >= 0.6 is 11.3 Å². The lowest BCUT2D eigenvalue weighted by atomic mass is 9.64. The number of ether oxygens (including phenoxy) is 1. The Balaban J connectivity index is 1.47. The maximum atomic E-state index is 12.9. The molecular weight excluding hydrogens is 384 g/mol. The number of carbonyl (C=O) groups excluding carboxylic acids is 2. The Labute approximate surface area is 174 Å². The summed E-state index contributed by atoms with van der Waals surface area (Å²) in [6.45, 7) is 1.61. The topological polar surface area (TPSA) is 59.5 Å². The van der Waals surface area contributed by atoms with E-state index in [0.29, 0.717) is 10.8 Å². The quantitative estimate of drug-likeness (QED) is 0.541. The van der Waals surface area contributed by atoms with Crippen LogP contribution in [0.5, 0.6) is 0 Å². The van der Waals surface area contributed by atoms with E-state index in [2.05, 4.69) is 4.98 Å². The Morgan fingerprint density at radius 1 is 1.07 bits per heavy atom. The third-order valence-electron chi connectivity index (χ3n) is 5.34. The molecule has 1 fully saturated rings. The number of hydrogen-bond acceptors (Lipinski definition) is 5. The largest absolute Gasteiger partial charge is 0.458 e. The third kappa shape index (κ3) is 3.80. The molecule has 1 aromatic heterocycles. The number of rotatable bonds is 6. The molecule has 0 spiro atoms. The van der Waals surface area contributed by atoms with Gasteiger partial charge in [0, 0.05) is 12.3 Å². The van der Waals surface area contributed by atoms with Crippen LogP contribution in [-0.4, -0.2) is 16.9 Å². The van der Waals surface area contributed by atoms with Crippen molar-refractivity contribution >= 4 is 34.0 Å². The molecule has 148 valence electrons. The first-order chi connectivity index (χ1) is 14.1. The maximum absolute atomic E-state index is 12.9. The second-order valence-corrected chi connectivity index (χ2v) is 8.03. The summed E-state index contributed by atoms with van der Waals surface area (Å²) in [4.78, 5) is 31.1. The highest BCUT2D eigenvalue weighted by atomic mass is 32.1. The molecule has 0 atom stereocenters. The first kappa shape index (κ1) is 19.3. The van der Waals surface area contributed by atoms with Crippen molar-refractivity contribution in [2.24, 2.45) is 0 Å². The maximum Gasteiger partial charge on any atom is 0.316 e. The van der Waals surface area contributed by atoms with Crippen molar-refractivity contribution in [2.45, 2.75) is 38.2 Å². The highest BCUT2D eigenvalue weighted by Crippen LogP contribution is 2.44. The van der Waals surface area contributed by atoms with Gasteiger partial charge >= 0.3 is 5.97 Å². The summed E-state index contributed by atoms with van der Waals surface area (Å²) >= 11 is 1.36. The molecule has 1 aliphatic rings. The molecule has 1 aliphatic carbocycles. The smallest absolute Gasteiger partial charge is 0.316 e. The van der Waals surface area contributed by atoms with E-state index in [4.69, 9.17) is 4.74 Å². The number of nitrogens with zero attached hydrogens (tertiary/aromatic N) is 2. The molecule has 1 amide bonds. The second kappa shape index (κ2) is 8.17. The number of aromatic nitrogens is 1. The van der Waals surface area contributed by atoms with Crippen LogP contribution in [-0.2, 0) is 26.3 Å². The molecule has 6 heteroatoms. The number of benzene rings is 2. The van der Waals surface area contributed by atoms with Gasteiger partial charge in [-0.2, -0.15) is 0 Å². The minimum atomic E-state index is -0.532. The summed E-state index contributed by atoms with van der Waals surface area (Å²) < 4.78 is 5.65. The van der Waals surface area contributed by atoms with E-state index in [0.717, 1.165) is 30.5 Å². The van der Waals surface area contributed by atoms with Crippen LogP contribution in [0.25, 0.3) is 0 Å². The predicted molar refractivity (Wildman–Crippen MR) is 113 cm³/mol. The van der Waals surface area contributed by atoms with Crippen molar-refractivity contribution in [3.63, 3.8) is 0 Å². The van der Waals surface area contributed by atoms with Crippen LogP contribution in [0, 0.1) is 0 Å². The van der Waals surface area contributed by atoms with Crippen molar-refractivity contribution in [1.29, 1.82) is 0 Å². The highest BCUT2D eigenvalue weighted by Gasteiger charge is 2.47. The molecule has 0 aliphatic heterocycles. The molecule has 0 bridgehead atoms. The second-order valence-electron chi connectivity index (χ2n) is 7.19. The van der Waals surface area contributed by atoms with Crippen LogP contribution in [0.1, 0.15) is 37.4 Å². The molecule has 3 aromatic rings. The molecule has 1 saturated carbocycles. The van der Waals surface area contributed by atoms with Gasteiger partial charge in [-0.15, -0.1) is 11.3 Å². The molecule has 0 saturated heterocycles. The standard InChI is InChI=1S/C23H22N2O3S/c1-17(26)25(20-11-6-3-7-12-20)22-24-19(16-29-22)15-28-21(27)23(13-8-14-23)18-9-4-2-5-10-18/h2-7,9-12,16H,8,13-15H2,1H3. The Morgan fingerprint density at radius 2 is 1.72 bits per heavy atom. The Kier molecular flexibility index (Phi) is 5.45. The van der Waals surface area contributed by atoms with E-state index < -0.39 is 5.41 Å². The van der Waals surface area contributed by atoms with Gasteiger partial charge in [0.1, 0.15) is 6.61 Å². The Bertz CT molecular complexity index is 997. The van der Waals surface area contributed by atoms with Gasteiger partial charge in [-0.05, 0) is 30.5 Å². The lowest BCUT2D eigenvalue weighted by Crippen LogP contribution is -2.43. The van der Waals surface area contributed by atoms with Gasteiger partial charge in [0.15, 0.2) is 5.13 Å². The van der Waals surface area contributed by atoms with Gasteiger partial charge in [-0.3, -0.25) is 14.5 Å². The van der Waals surface area contributed by atoms with Gasteiger partial charge in [0.2, 0.25) is 5.91 Å². The SMILES string of the molecule is CC(=O)N(c1ccccc1)c1nc(COC(=O)C2(c3ccccc3)CCC2)cs1. The van der Waals surface area contributed by atoms with Crippen molar-refractivity contribution < 1.29 is 14.3 Å². The molecule has 2 aromatic carbocycles. The van der Waals surface area contributed by atoms with E-state index in [1.807, 2.05) is 66.0 Å². The molecule has 4 rings (SSSR count). The fourth-order valence-corrected chi connectivity index (χ4v) is 4.52. The fraction of sp³-hybridized carbons (Fsp3) is 0.261. The van der Waals surface area contributed by atoms with Gasteiger partial charge < -0.3 is 4.74 Å². The fourth-order valence-electron chi connectivity index (χ4n) is 3.65. The summed E-state index contributed by atoms with van der Waals surface area (Å²) in [5.41, 5.74) is 1.88. The van der Waals surface area contributed by atoms with Crippen molar-refractivity contribution in [2.75, 3.05) is 4.90 Å². The minimum Gasteiger partial charge on any atom is -0.458 e. The lowest BCUT2D eigenvalue weighted by molar-refractivity contribution is -0.156. The van der Waals surface area contributed by atoms with E-state index in [9.17, 15) is 9.59 Å². The number of anilines is 2. The van der Waals surface area contributed by atoms with Crippen LogP contribution in [0.15, 0.2) is 66.0 Å². The number of esters is 1. The molecule has 29 heavy (non-hydrogen) atoms. The first-order valence-corrected chi connectivity index (χ1v) is 10.5. The molecule has 0 unspecified atom stereocenters. The molecule has 0 N–H and O–H groups in total. The summed E-state index contributed by atoms with van der Waals surface area (Å²) in [6.07, 6.45) is 2.64. The van der Waals surface area contributed by atoms with Crippen LogP contribution < -0.4 is 4.90 Å². The summed E-state index contributed by atoms with van der Waals surface area (Å²) in [7, 11) is 0. The van der Waals surface area contributed by atoms with E-state index in [-0.39, 0.29) is 18.5 Å². The Morgan fingerprint density at radius 3 is 2.31 bits per heavy atom.